The molecule has 0 bridgehead atoms. The molecule has 0 radical (unpaired) electrons. The molecular formula is C33H37Cl3Ti. The topological polar surface area (TPSA) is 0 Å². The van der Waals surface area contributed by atoms with Crippen LogP contribution in [0.2, 0.25) is 0 Å². The minimum atomic E-state index is -0.382. The minimum absolute atomic E-state index is 0. The Bertz CT molecular complexity index is 1180. The van der Waals surface area contributed by atoms with Gasteiger partial charge in [-0.15, -0.1) is 5.56 Å². The molecule has 4 aromatic rings. The van der Waals surface area contributed by atoms with Crippen molar-refractivity contribution in [1.82, 2.24) is 0 Å². The normalized spacial score (nSPS) is 10.5. The number of rotatable bonds is 4. The van der Waals surface area contributed by atoms with Gasteiger partial charge in [-0.25, -0.2) is 0 Å². The van der Waals surface area contributed by atoms with E-state index in [0.717, 1.165) is 0 Å². The molecule has 37 heavy (non-hydrogen) atoms. The molecule has 0 atom stereocenters. The van der Waals surface area contributed by atoms with E-state index in [4.69, 9.17) is 0 Å². The number of benzene rings is 3. The number of aryl methyl sites for hydroxylation is 7. The summed E-state index contributed by atoms with van der Waals surface area (Å²) in [6.07, 6.45) is 0. The van der Waals surface area contributed by atoms with E-state index in [0.29, 0.717) is 0 Å². The molecule has 0 aliphatic heterocycles. The van der Waals surface area contributed by atoms with Gasteiger partial charge in [-0.3, -0.25) is 0 Å². The molecule has 0 fully saturated rings. The van der Waals surface area contributed by atoms with Crippen LogP contribution in [0.1, 0.15) is 72.3 Å². The van der Waals surface area contributed by atoms with Gasteiger partial charge >= 0.3 is 21.7 Å². The van der Waals surface area contributed by atoms with E-state index in [9.17, 15) is 0 Å². The van der Waals surface area contributed by atoms with E-state index < -0.39 is 0 Å². The summed E-state index contributed by atoms with van der Waals surface area (Å²) in [6.45, 7) is 20.1. The van der Waals surface area contributed by atoms with Crippen molar-refractivity contribution >= 4 is 0 Å². The van der Waals surface area contributed by atoms with E-state index in [1.165, 1.54) is 72.3 Å². The number of halogens is 3. The van der Waals surface area contributed by atoms with Gasteiger partial charge in [0, 0.05) is 5.41 Å². The fourth-order valence-electron chi connectivity index (χ4n) is 5.86. The third-order valence-electron chi connectivity index (χ3n) is 7.29. The number of hydrogen-bond acceptors (Lipinski definition) is 0. The molecule has 0 saturated carbocycles. The summed E-state index contributed by atoms with van der Waals surface area (Å²) in [6, 6.07) is 23.7. The Balaban J connectivity index is 0.00000324. The van der Waals surface area contributed by atoms with Crippen LogP contribution in [0.15, 0.2) is 60.7 Å². The first kappa shape index (κ1) is 35.6. The van der Waals surface area contributed by atoms with Gasteiger partial charge in [-0.1, -0.05) is 109 Å². The largest absolute Gasteiger partial charge is 4.00 e. The smallest absolute Gasteiger partial charge is 1.00 e. The zero-order valence-electron chi connectivity index (χ0n) is 23.4. The van der Waals surface area contributed by atoms with Crippen LogP contribution in [-0.2, 0) is 27.1 Å². The fourth-order valence-corrected chi connectivity index (χ4v) is 5.86. The summed E-state index contributed by atoms with van der Waals surface area (Å²) in [5.74, 6) is 0. The van der Waals surface area contributed by atoms with Crippen LogP contribution in [-0.4, -0.2) is 0 Å². The van der Waals surface area contributed by atoms with Crippen molar-refractivity contribution in [2.45, 2.75) is 67.7 Å². The molecule has 0 amide bonds. The Morgan fingerprint density at radius 3 is 0.919 bits per heavy atom. The molecular weight excluding hydrogens is 551 g/mol. The maximum absolute atomic E-state index is 2.44. The predicted molar refractivity (Wildman–Crippen MR) is 143 cm³/mol. The molecule has 0 saturated heterocycles. The van der Waals surface area contributed by atoms with Crippen molar-refractivity contribution in [2.75, 3.05) is 0 Å². The predicted octanol–water partition coefficient (Wildman–Crippen LogP) is -0.427. The summed E-state index contributed by atoms with van der Waals surface area (Å²) in [4.78, 5) is 0. The van der Waals surface area contributed by atoms with Gasteiger partial charge in [0.15, 0.2) is 0 Å². The molecule has 0 N–H and O–H groups in total. The van der Waals surface area contributed by atoms with Crippen molar-refractivity contribution in [3.8, 4) is 0 Å². The molecule has 0 aliphatic rings. The van der Waals surface area contributed by atoms with Crippen LogP contribution in [0.25, 0.3) is 0 Å². The molecule has 4 heteroatoms. The second-order valence-electron chi connectivity index (χ2n) is 10.4. The standard InChI is InChI=1S/C33H37.3ClH.Ti/c1-20-10-21(2)14-29(13-20)33(30-15-22(3)11-23(4)16-30,31-17-24(5)12-25(6)18-31)32-19-26(7)27(8)28(32)9;;;;/h10-19H,1-9H3;3*1H;/q-1;;;;+4/p-3. The van der Waals surface area contributed by atoms with Crippen LogP contribution in [0.4, 0.5) is 0 Å². The summed E-state index contributed by atoms with van der Waals surface area (Å²) >= 11 is 0. The van der Waals surface area contributed by atoms with Crippen molar-refractivity contribution in [2.24, 2.45) is 0 Å². The van der Waals surface area contributed by atoms with Crippen molar-refractivity contribution < 1.29 is 58.9 Å². The van der Waals surface area contributed by atoms with E-state index >= 15 is 0 Å². The Morgan fingerprint density at radius 1 is 0.432 bits per heavy atom. The zero-order chi connectivity index (χ0) is 24.1. The van der Waals surface area contributed by atoms with Crippen molar-refractivity contribution in [1.29, 1.82) is 0 Å². The maximum atomic E-state index is 2.44. The quantitative estimate of drug-likeness (QED) is 0.173. The van der Waals surface area contributed by atoms with Gasteiger partial charge in [0.1, 0.15) is 0 Å². The van der Waals surface area contributed by atoms with Crippen LogP contribution >= 0.6 is 0 Å². The van der Waals surface area contributed by atoms with Crippen LogP contribution < -0.4 is 37.2 Å². The number of hydrogen-bond donors (Lipinski definition) is 0. The Kier molecular flexibility index (Phi) is 13.1. The third kappa shape index (κ3) is 6.61. The van der Waals surface area contributed by atoms with Gasteiger partial charge in [0.2, 0.25) is 0 Å². The summed E-state index contributed by atoms with van der Waals surface area (Å²) in [5.41, 5.74) is 17.1. The third-order valence-corrected chi connectivity index (χ3v) is 7.29. The minimum Gasteiger partial charge on any atom is -1.00 e. The maximum Gasteiger partial charge on any atom is 4.00 e. The Labute approximate surface area is 258 Å². The van der Waals surface area contributed by atoms with Gasteiger partial charge < -0.3 is 37.2 Å². The SMILES string of the molecule is Cc1cc(C)cc(C(c2cc(C)cc(C)c2)(c2cc(C)cc(C)c2)c2[cH-]c(C)c(C)c2C)c1.[Cl-].[Cl-].[Cl-].[Ti+4]. The van der Waals surface area contributed by atoms with Crippen LogP contribution in [0.3, 0.4) is 0 Å². The second kappa shape index (κ2) is 13.6. The molecule has 194 valence electrons. The summed E-state index contributed by atoms with van der Waals surface area (Å²) in [7, 11) is 0. The molecule has 0 heterocycles. The van der Waals surface area contributed by atoms with Crippen LogP contribution in [0, 0.1) is 62.3 Å². The Hall–Kier alpha value is -1.41. The average Bonchev–Trinajstić information content (AvgIpc) is 2.94. The Morgan fingerprint density at radius 2 is 0.703 bits per heavy atom. The first-order chi connectivity index (χ1) is 15.5. The van der Waals surface area contributed by atoms with Gasteiger partial charge in [0.05, 0.1) is 0 Å². The molecule has 0 unspecified atom stereocenters. The molecule has 4 aromatic carbocycles. The van der Waals surface area contributed by atoms with E-state index in [-0.39, 0.29) is 64.4 Å². The van der Waals surface area contributed by atoms with Crippen LogP contribution in [0.5, 0.6) is 0 Å². The molecule has 0 aromatic heterocycles. The van der Waals surface area contributed by atoms with E-state index in [2.05, 4.69) is 123 Å². The zero-order valence-corrected chi connectivity index (χ0v) is 27.2. The first-order valence-corrected chi connectivity index (χ1v) is 12.0. The monoisotopic (exact) mass is 586 g/mol. The van der Waals surface area contributed by atoms with Crippen molar-refractivity contribution in [3.05, 3.63) is 133 Å². The van der Waals surface area contributed by atoms with Gasteiger partial charge in [0.25, 0.3) is 0 Å². The average molecular weight is 588 g/mol. The summed E-state index contributed by atoms with van der Waals surface area (Å²) < 4.78 is 0. The van der Waals surface area contributed by atoms with Crippen molar-refractivity contribution in [3.63, 3.8) is 0 Å². The first-order valence-electron chi connectivity index (χ1n) is 12.0. The second-order valence-corrected chi connectivity index (χ2v) is 10.4. The van der Waals surface area contributed by atoms with Gasteiger partial charge in [-0.2, -0.15) is 22.8 Å². The molecule has 0 nitrogen and oxygen atoms in total. The fraction of sp³-hybridized carbons (Fsp3) is 0.303. The summed E-state index contributed by atoms with van der Waals surface area (Å²) in [5, 5.41) is 0. The van der Waals surface area contributed by atoms with E-state index in [1.807, 2.05) is 0 Å². The molecule has 0 spiro atoms. The van der Waals surface area contributed by atoms with E-state index in [1.54, 1.807) is 0 Å². The molecule has 0 aliphatic carbocycles. The molecule has 4 rings (SSSR count). The van der Waals surface area contributed by atoms with Gasteiger partial charge in [-0.05, 0) is 58.2 Å².